The van der Waals surface area contributed by atoms with Gasteiger partial charge in [0, 0.05) is 12.6 Å². The predicted molar refractivity (Wildman–Crippen MR) is 76.2 cm³/mol. The van der Waals surface area contributed by atoms with Gasteiger partial charge in [0.2, 0.25) is 0 Å². The number of carbonyl (C=O) groups is 2. The number of benzene rings is 1. The molecule has 1 amide bonds. The second-order valence-electron chi connectivity index (χ2n) is 4.62. The van der Waals surface area contributed by atoms with Crippen molar-refractivity contribution in [3.05, 3.63) is 47.8 Å². The van der Waals surface area contributed by atoms with Crippen LogP contribution in [0.1, 0.15) is 11.3 Å². The quantitative estimate of drug-likeness (QED) is 0.812. The van der Waals surface area contributed by atoms with E-state index in [1.165, 1.54) is 7.11 Å². The Bertz CT molecular complexity index is 641. The molecule has 22 heavy (non-hydrogen) atoms. The smallest absolute Gasteiger partial charge is 0.407 e. The summed E-state index contributed by atoms with van der Waals surface area (Å²) in [6.45, 7) is 0.538. The van der Waals surface area contributed by atoms with E-state index in [1.807, 2.05) is 30.3 Å². The van der Waals surface area contributed by atoms with Crippen LogP contribution in [0.2, 0.25) is 0 Å². The summed E-state index contributed by atoms with van der Waals surface area (Å²) in [5.41, 5.74) is 1.53. The van der Waals surface area contributed by atoms with Crippen LogP contribution in [-0.2, 0) is 22.5 Å². The van der Waals surface area contributed by atoms with E-state index in [9.17, 15) is 9.59 Å². The Hall–Kier alpha value is -2.90. The van der Waals surface area contributed by atoms with Crippen molar-refractivity contribution in [1.29, 1.82) is 0 Å². The van der Waals surface area contributed by atoms with Gasteiger partial charge < -0.3 is 15.2 Å². The summed E-state index contributed by atoms with van der Waals surface area (Å²) in [6, 6.07) is 8.57. The summed E-state index contributed by atoms with van der Waals surface area (Å²) >= 11 is 0. The highest BCUT2D eigenvalue weighted by Gasteiger charge is 2.22. The third-order valence-corrected chi connectivity index (χ3v) is 2.96. The first kappa shape index (κ1) is 15.5. The molecule has 0 fully saturated rings. The van der Waals surface area contributed by atoms with Gasteiger partial charge in [-0.25, -0.2) is 14.3 Å². The molecule has 1 aromatic carbocycles. The van der Waals surface area contributed by atoms with Crippen molar-refractivity contribution in [1.82, 2.24) is 20.3 Å². The first-order valence-corrected chi connectivity index (χ1v) is 6.58. The van der Waals surface area contributed by atoms with E-state index < -0.39 is 18.1 Å². The molecule has 0 saturated heterocycles. The van der Waals surface area contributed by atoms with Gasteiger partial charge in [-0.1, -0.05) is 35.5 Å². The number of aromatic nitrogens is 3. The normalized spacial score (nSPS) is 11.7. The largest absolute Gasteiger partial charge is 0.480 e. The molecule has 0 spiro atoms. The molecule has 2 aromatic rings. The fraction of sp³-hybridized carbons (Fsp3) is 0.286. The zero-order valence-electron chi connectivity index (χ0n) is 12.0. The Kier molecular flexibility index (Phi) is 5.07. The maximum Gasteiger partial charge on any atom is 0.407 e. The fourth-order valence-corrected chi connectivity index (χ4v) is 1.89. The van der Waals surface area contributed by atoms with Crippen molar-refractivity contribution in [2.75, 3.05) is 7.11 Å². The first-order valence-electron chi connectivity index (χ1n) is 6.58. The van der Waals surface area contributed by atoms with Crippen LogP contribution >= 0.6 is 0 Å². The number of nitrogens with one attached hydrogen (secondary N) is 1. The van der Waals surface area contributed by atoms with Gasteiger partial charge in [-0.3, -0.25) is 0 Å². The third-order valence-electron chi connectivity index (χ3n) is 2.96. The number of amides is 1. The lowest BCUT2D eigenvalue weighted by atomic mass is 10.1. The number of carboxylic acid groups (broad SMARTS) is 1. The predicted octanol–water partition coefficient (Wildman–Crippen LogP) is 0.678. The minimum Gasteiger partial charge on any atom is -0.480 e. The molecule has 8 heteroatoms. The Morgan fingerprint density at radius 2 is 2.09 bits per heavy atom. The molecule has 116 valence electrons. The Balaban J connectivity index is 2.00. The van der Waals surface area contributed by atoms with E-state index in [0.717, 1.165) is 5.56 Å². The molecule has 2 rings (SSSR count). The molecule has 1 atom stereocenters. The second-order valence-corrected chi connectivity index (χ2v) is 4.62. The molecule has 2 N–H and O–H groups in total. The summed E-state index contributed by atoms with van der Waals surface area (Å²) in [5, 5.41) is 19.2. The van der Waals surface area contributed by atoms with E-state index in [1.54, 1.807) is 10.9 Å². The summed E-state index contributed by atoms with van der Waals surface area (Å²) in [4.78, 5) is 22.3. The molecule has 0 unspecified atom stereocenters. The minimum atomic E-state index is -1.16. The number of rotatable bonds is 6. The maximum atomic E-state index is 11.1. The maximum absolute atomic E-state index is 11.1. The molecular weight excluding hydrogens is 288 g/mol. The molecule has 0 radical (unpaired) electrons. The summed E-state index contributed by atoms with van der Waals surface area (Å²) in [5.74, 6) is -1.16. The van der Waals surface area contributed by atoms with Crippen molar-refractivity contribution in [2.45, 2.75) is 19.0 Å². The van der Waals surface area contributed by atoms with Gasteiger partial charge in [0.15, 0.2) is 0 Å². The van der Waals surface area contributed by atoms with Crippen molar-refractivity contribution >= 4 is 12.1 Å². The number of carboxylic acids is 1. The molecule has 0 saturated carbocycles. The highest BCUT2D eigenvalue weighted by molar-refractivity contribution is 5.80. The summed E-state index contributed by atoms with van der Waals surface area (Å²) in [6.07, 6.45) is 0.880. The number of ether oxygens (including phenoxy) is 1. The molecule has 0 aliphatic heterocycles. The zero-order chi connectivity index (χ0) is 15.9. The van der Waals surface area contributed by atoms with Gasteiger partial charge in [-0.05, 0) is 5.56 Å². The molecule has 0 aliphatic carbocycles. The van der Waals surface area contributed by atoms with Crippen LogP contribution in [0.15, 0.2) is 36.5 Å². The number of hydrogen-bond acceptors (Lipinski definition) is 5. The van der Waals surface area contributed by atoms with E-state index in [2.05, 4.69) is 20.4 Å². The molecule has 1 heterocycles. The van der Waals surface area contributed by atoms with Gasteiger partial charge >= 0.3 is 12.1 Å². The van der Waals surface area contributed by atoms with Gasteiger partial charge in [-0.15, -0.1) is 5.10 Å². The molecule has 0 bridgehead atoms. The van der Waals surface area contributed by atoms with Crippen LogP contribution < -0.4 is 5.32 Å². The van der Waals surface area contributed by atoms with Gasteiger partial charge in [0.05, 0.1) is 19.3 Å². The van der Waals surface area contributed by atoms with E-state index >= 15 is 0 Å². The lowest BCUT2D eigenvalue weighted by Gasteiger charge is -2.11. The highest BCUT2D eigenvalue weighted by Crippen LogP contribution is 2.04. The monoisotopic (exact) mass is 304 g/mol. The third kappa shape index (κ3) is 4.30. The number of nitrogens with zero attached hydrogens (tertiary/aromatic N) is 3. The van der Waals surface area contributed by atoms with E-state index in [4.69, 9.17) is 5.11 Å². The van der Waals surface area contributed by atoms with Crippen LogP contribution in [0.3, 0.4) is 0 Å². The molecular formula is C14H16N4O4. The zero-order valence-corrected chi connectivity index (χ0v) is 12.0. The van der Waals surface area contributed by atoms with E-state index in [0.29, 0.717) is 12.2 Å². The van der Waals surface area contributed by atoms with Crippen LogP contribution in [0.4, 0.5) is 4.79 Å². The minimum absolute atomic E-state index is 0.0270. The second kappa shape index (κ2) is 7.21. The lowest BCUT2D eigenvalue weighted by Crippen LogP contribution is -2.42. The fourth-order valence-electron chi connectivity index (χ4n) is 1.89. The topological polar surface area (TPSA) is 106 Å². The summed E-state index contributed by atoms with van der Waals surface area (Å²) < 4.78 is 6.01. The van der Waals surface area contributed by atoms with Crippen molar-refractivity contribution in [3.8, 4) is 0 Å². The van der Waals surface area contributed by atoms with Gasteiger partial charge in [0.25, 0.3) is 0 Å². The highest BCUT2D eigenvalue weighted by atomic mass is 16.5. The Morgan fingerprint density at radius 1 is 1.36 bits per heavy atom. The first-order chi connectivity index (χ1) is 10.6. The van der Waals surface area contributed by atoms with Crippen LogP contribution in [0, 0.1) is 0 Å². The number of carbonyl (C=O) groups excluding carboxylic acids is 1. The SMILES string of the molecule is COC(=O)N[C@@H](Cc1cn(Cc2ccccc2)nn1)C(=O)O. The number of aliphatic carboxylic acids is 1. The molecule has 1 aromatic heterocycles. The molecule has 0 aliphatic rings. The van der Waals surface area contributed by atoms with Crippen LogP contribution in [0.5, 0.6) is 0 Å². The van der Waals surface area contributed by atoms with Crippen molar-refractivity contribution < 1.29 is 19.4 Å². The Morgan fingerprint density at radius 3 is 2.73 bits per heavy atom. The average molecular weight is 304 g/mol. The molecule has 8 nitrogen and oxygen atoms in total. The van der Waals surface area contributed by atoms with Crippen LogP contribution in [0.25, 0.3) is 0 Å². The standard InChI is InChI=1S/C14H16N4O4/c1-22-14(21)15-12(13(19)20)7-11-9-18(17-16-11)8-10-5-3-2-4-6-10/h2-6,9,12H,7-8H2,1H3,(H,15,21)(H,19,20)/t12-/m0/s1. The number of alkyl carbamates (subject to hydrolysis) is 1. The van der Waals surface area contributed by atoms with Crippen molar-refractivity contribution in [2.24, 2.45) is 0 Å². The number of methoxy groups -OCH3 is 1. The van der Waals surface area contributed by atoms with Gasteiger partial charge in [-0.2, -0.15) is 0 Å². The lowest BCUT2D eigenvalue weighted by molar-refractivity contribution is -0.139. The average Bonchev–Trinajstić information content (AvgIpc) is 2.94. The van der Waals surface area contributed by atoms with Crippen molar-refractivity contribution in [3.63, 3.8) is 0 Å². The number of hydrogen-bond donors (Lipinski definition) is 2. The summed E-state index contributed by atoms with van der Waals surface area (Å²) in [7, 11) is 1.17. The Labute approximate surface area is 126 Å². The van der Waals surface area contributed by atoms with Crippen LogP contribution in [-0.4, -0.2) is 45.3 Å². The van der Waals surface area contributed by atoms with Gasteiger partial charge in [0.1, 0.15) is 6.04 Å². The van der Waals surface area contributed by atoms with E-state index in [-0.39, 0.29) is 6.42 Å².